The van der Waals surface area contributed by atoms with Crippen molar-refractivity contribution in [2.24, 2.45) is 0 Å². The molecule has 1 saturated heterocycles. The first kappa shape index (κ1) is 9.73. The molecule has 2 aliphatic heterocycles. The molecule has 1 unspecified atom stereocenters. The molecular formula is C13H17NS. The molecule has 0 saturated carbocycles. The van der Waals surface area contributed by atoms with Crippen LogP contribution in [0.3, 0.4) is 0 Å². The number of piperidine rings is 1. The number of hydrogen-bond donors (Lipinski definition) is 1. The SMILES string of the molecule is CCC12CCCN[C@H]1c1ccccc1S2. The number of rotatable bonds is 1. The lowest BCUT2D eigenvalue weighted by Crippen LogP contribution is -2.43. The van der Waals surface area contributed by atoms with Crippen LogP contribution in [-0.2, 0) is 0 Å². The molecule has 2 heterocycles. The fourth-order valence-electron chi connectivity index (χ4n) is 2.95. The average molecular weight is 219 g/mol. The molecule has 0 spiro atoms. The highest BCUT2D eigenvalue weighted by molar-refractivity contribution is 8.01. The summed E-state index contributed by atoms with van der Waals surface area (Å²) in [5, 5.41) is 3.71. The predicted octanol–water partition coefficient (Wildman–Crippen LogP) is 3.37. The van der Waals surface area contributed by atoms with Gasteiger partial charge in [-0.2, -0.15) is 0 Å². The maximum atomic E-state index is 3.71. The van der Waals surface area contributed by atoms with E-state index in [2.05, 4.69) is 48.3 Å². The molecule has 1 aromatic carbocycles. The summed E-state index contributed by atoms with van der Waals surface area (Å²) in [6, 6.07) is 9.49. The summed E-state index contributed by atoms with van der Waals surface area (Å²) >= 11 is 2.11. The Labute approximate surface area is 95.6 Å². The zero-order valence-corrected chi connectivity index (χ0v) is 9.94. The fourth-order valence-corrected chi connectivity index (χ4v) is 4.56. The summed E-state index contributed by atoms with van der Waals surface area (Å²) in [6.07, 6.45) is 3.95. The van der Waals surface area contributed by atoms with Gasteiger partial charge in [-0.15, -0.1) is 11.8 Å². The van der Waals surface area contributed by atoms with Crippen LogP contribution in [0.1, 0.15) is 37.8 Å². The largest absolute Gasteiger partial charge is 0.309 e. The van der Waals surface area contributed by atoms with Gasteiger partial charge in [-0.1, -0.05) is 25.1 Å². The minimum absolute atomic E-state index is 0.446. The molecule has 2 heteroatoms. The van der Waals surface area contributed by atoms with Crippen LogP contribution in [0.5, 0.6) is 0 Å². The molecule has 1 aromatic rings. The molecule has 1 nitrogen and oxygen atoms in total. The third-order valence-corrected chi connectivity index (χ3v) is 5.52. The molecule has 15 heavy (non-hydrogen) atoms. The predicted molar refractivity (Wildman–Crippen MR) is 65.3 cm³/mol. The van der Waals surface area contributed by atoms with Gasteiger partial charge in [0.2, 0.25) is 0 Å². The summed E-state index contributed by atoms with van der Waals surface area (Å²) in [5.74, 6) is 0. The third-order valence-electron chi connectivity index (χ3n) is 3.79. The smallest absolute Gasteiger partial charge is 0.0483 e. The molecule has 0 bridgehead atoms. The molecule has 0 amide bonds. The summed E-state index contributed by atoms with van der Waals surface area (Å²) in [7, 11) is 0. The highest BCUT2D eigenvalue weighted by atomic mass is 32.2. The van der Waals surface area contributed by atoms with E-state index in [1.165, 1.54) is 36.3 Å². The van der Waals surface area contributed by atoms with Crippen molar-refractivity contribution in [1.29, 1.82) is 0 Å². The van der Waals surface area contributed by atoms with Crippen molar-refractivity contribution in [1.82, 2.24) is 5.32 Å². The Morgan fingerprint density at radius 2 is 2.33 bits per heavy atom. The first-order valence-electron chi connectivity index (χ1n) is 5.87. The second-order valence-corrected chi connectivity index (χ2v) is 6.01. The van der Waals surface area contributed by atoms with Gasteiger partial charge in [0.15, 0.2) is 0 Å². The maximum absolute atomic E-state index is 3.71. The Morgan fingerprint density at radius 1 is 1.47 bits per heavy atom. The van der Waals surface area contributed by atoms with E-state index < -0.39 is 0 Å². The number of benzene rings is 1. The molecule has 3 rings (SSSR count). The number of fused-ring (bicyclic) bond motifs is 3. The Hall–Kier alpha value is -0.470. The molecule has 1 N–H and O–H groups in total. The topological polar surface area (TPSA) is 12.0 Å². The van der Waals surface area contributed by atoms with Crippen LogP contribution in [0, 0.1) is 0 Å². The van der Waals surface area contributed by atoms with Crippen molar-refractivity contribution < 1.29 is 0 Å². The second kappa shape index (κ2) is 3.53. The lowest BCUT2D eigenvalue weighted by Gasteiger charge is -2.38. The summed E-state index contributed by atoms with van der Waals surface area (Å²) in [4.78, 5) is 1.50. The minimum Gasteiger partial charge on any atom is -0.309 e. The summed E-state index contributed by atoms with van der Waals surface area (Å²) in [6.45, 7) is 3.51. The van der Waals surface area contributed by atoms with Gasteiger partial charge in [-0.05, 0) is 37.4 Å². The number of nitrogens with one attached hydrogen (secondary N) is 1. The fraction of sp³-hybridized carbons (Fsp3) is 0.538. The number of thioether (sulfide) groups is 1. The van der Waals surface area contributed by atoms with Gasteiger partial charge < -0.3 is 5.32 Å². The molecule has 0 aliphatic carbocycles. The van der Waals surface area contributed by atoms with Gasteiger partial charge in [0.1, 0.15) is 0 Å². The molecular weight excluding hydrogens is 202 g/mol. The molecule has 2 atom stereocenters. The molecule has 0 aromatic heterocycles. The van der Waals surface area contributed by atoms with Crippen LogP contribution in [0.2, 0.25) is 0 Å². The summed E-state index contributed by atoms with van der Waals surface area (Å²) < 4.78 is 0.446. The molecule has 0 radical (unpaired) electrons. The van der Waals surface area contributed by atoms with Crippen molar-refractivity contribution in [3.63, 3.8) is 0 Å². The van der Waals surface area contributed by atoms with Crippen LogP contribution in [0.4, 0.5) is 0 Å². The monoisotopic (exact) mass is 219 g/mol. The molecule has 80 valence electrons. The Bertz CT molecular complexity index is 377. The van der Waals surface area contributed by atoms with E-state index in [1.807, 2.05) is 0 Å². The Balaban J connectivity index is 2.06. The van der Waals surface area contributed by atoms with Crippen LogP contribution >= 0.6 is 11.8 Å². The maximum Gasteiger partial charge on any atom is 0.0483 e. The highest BCUT2D eigenvalue weighted by Gasteiger charge is 2.46. The molecule has 1 fully saturated rings. The van der Waals surface area contributed by atoms with Crippen molar-refractivity contribution >= 4 is 11.8 Å². The van der Waals surface area contributed by atoms with E-state index in [-0.39, 0.29) is 0 Å². The lowest BCUT2D eigenvalue weighted by molar-refractivity contribution is 0.319. The Kier molecular flexibility index (Phi) is 2.29. The minimum atomic E-state index is 0.446. The zero-order valence-electron chi connectivity index (χ0n) is 9.12. The van der Waals surface area contributed by atoms with Crippen molar-refractivity contribution in [3.8, 4) is 0 Å². The van der Waals surface area contributed by atoms with Gasteiger partial charge in [-0.25, -0.2) is 0 Å². The highest BCUT2D eigenvalue weighted by Crippen LogP contribution is 2.57. The van der Waals surface area contributed by atoms with Gasteiger partial charge in [-0.3, -0.25) is 0 Å². The van der Waals surface area contributed by atoms with Crippen LogP contribution in [0.25, 0.3) is 0 Å². The quantitative estimate of drug-likeness (QED) is 0.777. The van der Waals surface area contributed by atoms with E-state index >= 15 is 0 Å². The van der Waals surface area contributed by atoms with Crippen LogP contribution < -0.4 is 5.32 Å². The third kappa shape index (κ3) is 1.35. The van der Waals surface area contributed by atoms with E-state index in [9.17, 15) is 0 Å². The Morgan fingerprint density at radius 3 is 3.20 bits per heavy atom. The standard InChI is InChI=1S/C13H17NS/c1-2-13-8-5-9-14-12(13)10-6-3-4-7-11(10)15-13/h3-4,6-7,12,14H,2,5,8-9H2,1H3/t12-,13?/m0/s1. The zero-order chi connectivity index (χ0) is 10.3. The van der Waals surface area contributed by atoms with E-state index in [4.69, 9.17) is 0 Å². The van der Waals surface area contributed by atoms with Gasteiger partial charge in [0, 0.05) is 15.7 Å². The van der Waals surface area contributed by atoms with Crippen molar-refractivity contribution in [2.75, 3.05) is 6.54 Å². The van der Waals surface area contributed by atoms with E-state index in [0.717, 1.165) is 0 Å². The van der Waals surface area contributed by atoms with Gasteiger partial charge >= 0.3 is 0 Å². The molecule has 2 aliphatic rings. The van der Waals surface area contributed by atoms with Crippen LogP contribution in [0.15, 0.2) is 29.2 Å². The van der Waals surface area contributed by atoms with Gasteiger partial charge in [0.05, 0.1) is 0 Å². The van der Waals surface area contributed by atoms with E-state index in [0.29, 0.717) is 10.8 Å². The van der Waals surface area contributed by atoms with E-state index in [1.54, 1.807) is 0 Å². The van der Waals surface area contributed by atoms with Crippen LogP contribution in [-0.4, -0.2) is 11.3 Å². The average Bonchev–Trinajstić information content (AvgIpc) is 2.64. The second-order valence-electron chi connectivity index (χ2n) is 4.55. The van der Waals surface area contributed by atoms with Crippen molar-refractivity contribution in [3.05, 3.63) is 29.8 Å². The summed E-state index contributed by atoms with van der Waals surface area (Å²) in [5.41, 5.74) is 1.53. The first-order valence-corrected chi connectivity index (χ1v) is 6.69. The lowest BCUT2D eigenvalue weighted by atomic mass is 9.84. The normalized spacial score (nSPS) is 33.5. The van der Waals surface area contributed by atoms with Crippen molar-refractivity contribution in [2.45, 2.75) is 41.9 Å². The first-order chi connectivity index (χ1) is 7.36. The van der Waals surface area contributed by atoms with Gasteiger partial charge in [0.25, 0.3) is 0 Å². The number of hydrogen-bond acceptors (Lipinski definition) is 2.